The second-order valence-corrected chi connectivity index (χ2v) is 9.14. The molecule has 34 heavy (non-hydrogen) atoms. The number of benzene rings is 1. The van der Waals surface area contributed by atoms with Gasteiger partial charge in [0.25, 0.3) is 5.91 Å². The highest BCUT2D eigenvalue weighted by Gasteiger charge is 2.39. The third-order valence-corrected chi connectivity index (χ3v) is 6.99. The molecule has 1 N–H and O–H groups in total. The van der Waals surface area contributed by atoms with E-state index < -0.39 is 11.7 Å². The Hall–Kier alpha value is -3.38. The van der Waals surface area contributed by atoms with Crippen molar-refractivity contribution in [2.45, 2.75) is 50.4 Å². The number of nitriles is 1. The second kappa shape index (κ2) is 8.44. The molecule has 1 aromatic carbocycles. The summed E-state index contributed by atoms with van der Waals surface area (Å²) in [5.41, 5.74) is 2.48. The molecule has 9 heteroatoms. The van der Waals surface area contributed by atoms with Crippen LogP contribution in [0.3, 0.4) is 0 Å². The fourth-order valence-corrected chi connectivity index (χ4v) is 5.07. The summed E-state index contributed by atoms with van der Waals surface area (Å²) in [4.78, 5) is 19.3. The number of halogens is 3. The maximum absolute atomic E-state index is 13.4. The molecule has 0 bridgehead atoms. The van der Waals surface area contributed by atoms with Crippen LogP contribution in [0, 0.1) is 11.3 Å². The number of hydrogen-bond acceptors (Lipinski definition) is 4. The molecule has 2 aliphatic rings. The van der Waals surface area contributed by atoms with Crippen molar-refractivity contribution in [3.8, 4) is 6.07 Å². The van der Waals surface area contributed by atoms with Crippen LogP contribution < -0.4 is 5.32 Å². The van der Waals surface area contributed by atoms with Crippen LogP contribution in [0.1, 0.15) is 52.0 Å². The fourth-order valence-electron chi connectivity index (χ4n) is 5.07. The number of carbonyl (C=O) groups excluding carboxylic acids is 1. The van der Waals surface area contributed by atoms with Crippen molar-refractivity contribution >= 4 is 11.6 Å². The number of hydrogen-bond donors (Lipinski definition) is 1. The number of alkyl halides is 3. The third-order valence-electron chi connectivity index (χ3n) is 6.99. The summed E-state index contributed by atoms with van der Waals surface area (Å²) >= 11 is 0. The number of likely N-dealkylation sites (tertiary alicyclic amines) is 1. The lowest BCUT2D eigenvalue weighted by atomic mass is 9.78. The van der Waals surface area contributed by atoms with Gasteiger partial charge < -0.3 is 14.6 Å². The Morgan fingerprint density at radius 2 is 1.91 bits per heavy atom. The van der Waals surface area contributed by atoms with Crippen LogP contribution in [-0.4, -0.2) is 38.8 Å². The molecule has 0 unspecified atom stereocenters. The number of carbonyl (C=O) groups is 1. The first-order valence-corrected chi connectivity index (χ1v) is 11.3. The molecular formula is C25H24F3N5O. The minimum Gasteiger partial charge on any atom is -0.337 e. The van der Waals surface area contributed by atoms with Crippen molar-refractivity contribution in [3.05, 3.63) is 70.7 Å². The monoisotopic (exact) mass is 467 g/mol. The minimum absolute atomic E-state index is 0.0455. The average Bonchev–Trinajstić information content (AvgIpc) is 3.26. The fraction of sp³-hybridized carbons (Fsp3) is 0.400. The first-order chi connectivity index (χ1) is 16.3. The van der Waals surface area contributed by atoms with Gasteiger partial charge in [-0.25, -0.2) is 4.98 Å². The zero-order chi connectivity index (χ0) is 23.9. The summed E-state index contributed by atoms with van der Waals surface area (Å²) < 4.78 is 41.3. The Kier molecular flexibility index (Phi) is 5.56. The number of pyridine rings is 1. The molecule has 1 spiro atoms. The minimum atomic E-state index is -4.53. The standard InChI is InChI=1S/C25H24F3N5O/c26-25(27,28)20-12-17(6-3-9-29)22-31-21(16-33(22)15-20)23(34)32-10-7-24(8-11-32)13-18-4-1-2-5-19(18)14-30-24/h1-2,4-5,12,15-16,30H,3,6-8,10-11,13-14H2. The molecule has 176 valence electrons. The number of nitrogens with one attached hydrogen (secondary N) is 1. The number of imidazole rings is 1. The van der Waals surface area contributed by atoms with Gasteiger partial charge in [-0.15, -0.1) is 0 Å². The van der Waals surface area contributed by atoms with Crippen molar-refractivity contribution < 1.29 is 18.0 Å². The zero-order valence-corrected chi connectivity index (χ0v) is 18.5. The Labute approximate surface area is 195 Å². The number of aromatic nitrogens is 2. The van der Waals surface area contributed by atoms with Crippen LogP contribution >= 0.6 is 0 Å². The van der Waals surface area contributed by atoms with Crippen molar-refractivity contribution in [3.63, 3.8) is 0 Å². The summed E-state index contributed by atoms with van der Waals surface area (Å²) in [6, 6.07) is 11.4. The molecule has 5 rings (SSSR count). The molecule has 2 aliphatic heterocycles. The highest BCUT2D eigenvalue weighted by Crippen LogP contribution is 2.33. The summed E-state index contributed by atoms with van der Waals surface area (Å²) in [5.74, 6) is -0.283. The Morgan fingerprint density at radius 3 is 2.62 bits per heavy atom. The number of fused-ring (bicyclic) bond motifs is 2. The van der Waals surface area contributed by atoms with Gasteiger partial charge in [0.15, 0.2) is 0 Å². The van der Waals surface area contributed by atoms with E-state index in [-0.39, 0.29) is 35.6 Å². The summed E-state index contributed by atoms with van der Waals surface area (Å²) in [5, 5.41) is 12.6. The zero-order valence-electron chi connectivity index (χ0n) is 18.5. The molecule has 0 aliphatic carbocycles. The van der Waals surface area contributed by atoms with Crippen LogP contribution in [0.2, 0.25) is 0 Å². The van der Waals surface area contributed by atoms with Gasteiger partial charge in [-0.1, -0.05) is 24.3 Å². The second-order valence-electron chi connectivity index (χ2n) is 9.14. The van der Waals surface area contributed by atoms with E-state index in [9.17, 15) is 18.0 Å². The van der Waals surface area contributed by atoms with Crippen molar-refractivity contribution in [2.24, 2.45) is 0 Å². The highest BCUT2D eigenvalue weighted by atomic mass is 19.4. The Morgan fingerprint density at radius 1 is 1.18 bits per heavy atom. The molecule has 0 atom stereocenters. The number of aryl methyl sites for hydroxylation is 1. The first kappa shape index (κ1) is 22.4. The lowest BCUT2D eigenvalue weighted by Crippen LogP contribution is -2.57. The molecule has 1 amide bonds. The molecule has 3 aromatic rings. The van der Waals surface area contributed by atoms with Gasteiger partial charge in [0.2, 0.25) is 0 Å². The Balaban J connectivity index is 1.35. The summed E-state index contributed by atoms with van der Waals surface area (Å²) in [6.07, 6.45) is 0.494. The van der Waals surface area contributed by atoms with Crippen LogP contribution in [-0.2, 0) is 25.6 Å². The van der Waals surface area contributed by atoms with Gasteiger partial charge >= 0.3 is 6.18 Å². The number of nitrogens with zero attached hydrogens (tertiary/aromatic N) is 4. The lowest BCUT2D eigenvalue weighted by Gasteiger charge is -2.45. The van der Waals surface area contributed by atoms with Gasteiger partial charge in [-0.3, -0.25) is 4.79 Å². The molecule has 0 saturated carbocycles. The first-order valence-electron chi connectivity index (χ1n) is 11.3. The summed E-state index contributed by atoms with van der Waals surface area (Å²) in [7, 11) is 0. The molecule has 1 fully saturated rings. The van der Waals surface area contributed by atoms with Crippen molar-refractivity contribution in [2.75, 3.05) is 13.1 Å². The van der Waals surface area contributed by atoms with Crippen LogP contribution in [0.5, 0.6) is 0 Å². The van der Waals surface area contributed by atoms with E-state index in [0.717, 1.165) is 38.1 Å². The molecule has 4 heterocycles. The molecular weight excluding hydrogens is 443 g/mol. The van der Waals surface area contributed by atoms with E-state index in [4.69, 9.17) is 5.26 Å². The van der Waals surface area contributed by atoms with Crippen LogP contribution in [0.15, 0.2) is 42.7 Å². The molecule has 6 nitrogen and oxygen atoms in total. The SMILES string of the molecule is N#CCCc1cc(C(F)(F)F)cn2cc(C(=O)N3CCC4(CC3)Cc3ccccc3CN4)nc12. The lowest BCUT2D eigenvalue weighted by molar-refractivity contribution is -0.137. The van der Waals surface area contributed by atoms with Gasteiger partial charge in [-0.2, -0.15) is 18.4 Å². The maximum atomic E-state index is 13.4. The Bertz CT molecular complexity index is 1280. The van der Waals surface area contributed by atoms with Crippen LogP contribution in [0.4, 0.5) is 13.2 Å². The molecule has 1 saturated heterocycles. The maximum Gasteiger partial charge on any atom is 0.417 e. The number of amides is 1. The van der Waals surface area contributed by atoms with E-state index in [1.54, 1.807) is 4.90 Å². The quantitative estimate of drug-likeness (QED) is 0.629. The molecule has 2 aromatic heterocycles. The van der Waals surface area contributed by atoms with E-state index in [0.29, 0.717) is 18.7 Å². The van der Waals surface area contributed by atoms with Gasteiger partial charge in [0.05, 0.1) is 11.6 Å². The average molecular weight is 467 g/mol. The van der Waals surface area contributed by atoms with Gasteiger partial charge in [0, 0.05) is 44.0 Å². The number of rotatable bonds is 3. The van der Waals surface area contributed by atoms with E-state index in [2.05, 4.69) is 28.5 Å². The van der Waals surface area contributed by atoms with E-state index in [1.807, 2.05) is 12.1 Å². The predicted octanol–water partition coefficient (Wildman–Crippen LogP) is 4.13. The van der Waals surface area contributed by atoms with Gasteiger partial charge in [-0.05, 0) is 48.4 Å². The summed E-state index contributed by atoms with van der Waals surface area (Å²) in [6.45, 7) is 1.91. The van der Waals surface area contributed by atoms with Crippen LogP contribution in [0.25, 0.3) is 5.65 Å². The van der Waals surface area contributed by atoms with Crippen molar-refractivity contribution in [1.82, 2.24) is 19.6 Å². The largest absolute Gasteiger partial charge is 0.417 e. The van der Waals surface area contributed by atoms with Crippen molar-refractivity contribution in [1.29, 1.82) is 5.26 Å². The predicted molar refractivity (Wildman–Crippen MR) is 119 cm³/mol. The van der Waals surface area contributed by atoms with E-state index >= 15 is 0 Å². The van der Waals surface area contributed by atoms with E-state index in [1.165, 1.54) is 21.7 Å². The third kappa shape index (κ3) is 4.14. The van der Waals surface area contributed by atoms with Gasteiger partial charge in [0.1, 0.15) is 11.3 Å². The highest BCUT2D eigenvalue weighted by molar-refractivity contribution is 5.93. The topological polar surface area (TPSA) is 73.4 Å². The smallest absolute Gasteiger partial charge is 0.337 e. The normalized spacial score (nSPS) is 17.5. The molecule has 0 radical (unpaired) electrons. The number of piperidine rings is 1.